The molecule has 3 aliphatic rings. The lowest BCUT2D eigenvalue weighted by molar-refractivity contribution is -0.255. The van der Waals surface area contributed by atoms with Crippen LogP contribution in [0.5, 0.6) is 0 Å². The van der Waals surface area contributed by atoms with Crippen molar-refractivity contribution in [2.24, 2.45) is 17.8 Å². The fourth-order valence-corrected chi connectivity index (χ4v) is 3.85. The Bertz CT molecular complexity index is 674. The second kappa shape index (κ2) is 6.51. The van der Waals surface area contributed by atoms with Crippen molar-refractivity contribution in [2.45, 2.75) is 57.7 Å². The molecule has 0 aromatic rings. The van der Waals surface area contributed by atoms with E-state index < -0.39 is 18.2 Å². The van der Waals surface area contributed by atoms with Gasteiger partial charge in [-0.05, 0) is 63.5 Å². The summed E-state index contributed by atoms with van der Waals surface area (Å²) in [4.78, 5) is 26.6. The summed E-state index contributed by atoms with van der Waals surface area (Å²) in [5.74, 6) is -0.430. The van der Waals surface area contributed by atoms with Gasteiger partial charge in [-0.3, -0.25) is 9.59 Å². The number of carbonyl (C=O) groups excluding carboxylic acids is 2. The van der Waals surface area contributed by atoms with E-state index in [0.29, 0.717) is 6.42 Å². The SMILES string of the molecule is CC1C(=O)N(CCCCC(C)(O)C(F)(F)F)C2=C1C=CC(=O)C2C1CC1. The second-order valence-corrected chi connectivity index (χ2v) is 7.83. The molecule has 1 fully saturated rings. The first-order valence-electron chi connectivity index (χ1n) is 9.11. The van der Waals surface area contributed by atoms with E-state index in [2.05, 4.69) is 0 Å². The Morgan fingerprint density at radius 1 is 1.19 bits per heavy atom. The van der Waals surface area contributed by atoms with Crippen molar-refractivity contribution < 1.29 is 27.9 Å². The third-order valence-electron chi connectivity index (χ3n) is 5.72. The maximum Gasteiger partial charge on any atom is 0.416 e. The van der Waals surface area contributed by atoms with Crippen LogP contribution >= 0.6 is 0 Å². The average molecular weight is 371 g/mol. The minimum atomic E-state index is -4.67. The standard InChI is InChI=1S/C19H24F3NO3/c1-11-13-7-8-14(24)15(12-5-6-12)16(13)23(17(11)25)10-4-3-9-18(2,26)19(20,21)22/h7-8,11-12,15,26H,3-6,9-10H2,1-2H3. The predicted octanol–water partition coefficient (Wildman–Crippen LogP) is 3.37. The third kappa shape index (κ3) is 3.33. The molecule has 0 spiro atoms. The predicted molar refractivity (Wildman–Crippen MR) is 88.8 cm³/mol. The molecule has 3 unspecified atom stereocenters. The Balaban J connectivity index is 1.67. The van der Waals surface area contributed by atoms with Crippen LogP contribution < -0.4 is 0 Å². The number of amides is 1. The molecule has 3 atom stereocenters. The molecule has 4 nitrogen and oxygen atoms in total. The zero-order valence-electron chi connectivity index (χ0n) is 15.0. The van der Waals surface area contributed by atoms with Crippen LogP contribution in [0.15, 0.2) is 23.4 Å². The molecular weight excluding hydrogens is 347 g/mol. The maximum absolute atomic E-state index is 12.7. The van der Waals surface area contributed by atoms with E-state index in [0.717, 1.165) is 31.0 Å². The van der Waals surface area contributed by atoms with Gasteiger partial charge in [-0.2, -0.15) is 13.2 Å². The highest BCUT2D eigenvalue weighted by molar-refractivity contribution is 6.00. The number of halogens is 3. The number of ketones is 1. The minimum absolute atomic E-state index is 0.0122. The quantitative estimate of drug-likeness (QED) is 0.729. The zero-order valence-corrected chi connectivity index (χ0v) is 15.0. The van der Waals surface area contributed by atoms with Gasteiger partial charge in [-0.25, -0.2) is 0 Å². The number of allylic oxidation sites excluding steroid dienone is 3. The summed E-state index contributed by atoms with van der Waals surface area (Å²) in [7, 11) is 0. The molecule has 1 aliphatic heterocycles. The van der Waals surface area contributed by atoms with Gasteiger partial charge in [-0.1, -0.05) is 6.08 Å². The number of hydrogen-bond acceptors (Lipinski definition) is 3. The van der Waals surface area contributed by atoms with Crippen LogP contribution in [0.25, 0.3) is 0 Å². The van der Waals surface area contributed by atoms with Crippen molar-refractivity contribution >= 4 is 11.7 Å². The van der Waals surface area contributed by atoms with Crippen molar-refractivity contribution in [3.05, 3.63) is 23.4 Å². The van der Waals surface area contributed by atoms with Crippen molar-refractivity contribution in [3.8, 4) is 0 Å². The van der Waals surface area contributed by atoms with Gasteiger partial charge < -0.3 is 10.0 Å². The van der Waals surface area contributed by atoms with E-state index in [1.54, 1.807) is 24.0 Å². The van der Waals surface area contributed by atoms with Crippen LogP contribution in [-0.4, -0.2) is 40.0 Å². The van der Waals surface area contributed by atoms with Gasteiger partial charge in [0.05, 0.1) is 11.8 Å². The number of hydrogen-bond donors (Lipinski definition) is 1. The van der Waals surface area contributed by atoms with Gasteiger partial charge in [0.1, 0.15) is 0 Å². The number of aliphatic hydroxyl groups is 1. The lowest BCUT2D eigenvalue weighted by atomic mass is 9.85. The first-order valence-corrected chi connectivity index (χ1v) is 9.11. The van der Waals surface area contributed by atoms with E-state index in [1.807, 2.05) is 0 Å². The van der Waals surface area contributed by atoms with E-state index in [9.17, 15) is 27.9 Å². The summed E-state index contributed by atoms with van der Waals surface area (Å²) in [6.45, 7) is 2.85. The molecule has 3 rings (SSSR count). The van der Waals surface area contributed by atoms with Crippen molar-refractivity contribution in [1.29, 1.82) is 0 Å². The molecular formula is C19H24F3NO3. The highest BCUT2D eigenvalue weighted by Gasteiger charge is 2.50. The Hall–Kier alpha value is -1.63. The number of rotatable bonds is 6. The Labute approximate surface area is 150 Å². The number of carbonyl (C=O) groups is 2. The van der Waals surface area contributed by atoms with Gasteiger partial charge >= 0.3 is 6.18 Å². The molecule has 7 heteroatoms. The molecule has 0 radical (unpaired) electrons. The molecule has 0 saturated heterocycles. The molecule has 144 valence electrons. The van der Waals surface area contributed by atoms with Crippen molar-refractivity contribution in [3.63, 3.8) is 0 Å². The van der Waals surface area contributed by atoms with Crippen LogP contribution in [-0.2, 0) is 9.59 Å². The molecule has 1 saturated carbocycles. The molecule has 0 bridgehead atoms. The summed E-state index contributed by atoms with van der Waals surface area (Å²) in [6, 6.07) is 0. The number of alkyl halides is 3. The molecule has 0 aromatic heterocycles. The monoisotopic (exact) mass is 371 g/mol. The van der Waals surface area contributed by atoms with Gasteiger partial charge in [0.15, 0.2) is 11.4 Å². The summed E-state index contributed by atoms with van der Waals surface area (Å²) < 4.78 is 38.2. The highest BCUT2D eigenvalue weighted by Crippen LogP contribution is 2.48. The molecule has 26 heavy (non-hydrogen) atoms. The van der Waals surface area contributed by atoms with Crippen LogP contribution in [0, 0.1) is 17.8 Å². The van der Waals surface area contributed by atoms with E-state index in [4.69, 9.17) is 0 Å². The summed E-state index contributed by atoms with van der Waals surface area (Å²) in [6.07, 6.45) is 0.603. The first kappa shape index (κ1) is 19.1. The summed E-state index contributed by atoms with van der Waals surface area (Å²) in [5.41, 5.74) is -1.09. The summed E-state index contributed by atoms with van der Waals surface area (Å²) >= 11 is 0. The fourth-order valence-electron chi connectivity index (χ4n) is 3.85. The topological polar surface area (TPSA) is 57.6 Å². The van der Waals surface area contributed by atoms with Crippen molar-refractivity contribution in [1.82, 2.24) is 4.90 Å². The normalized spacial score (nSPS) is 28.6. The number of nitrogens with zero attached hydrogens (tertiary/aromatic N) is 1. The smallest absolute Gasteiger partial charge is 0.381 e. The molecule has 0 aromatic carbocycles. The zero-order chi connectivity index (χ0) is 19.3. The molecule has 2 aliphatic carbocycles. The van der Waals surface area contributed by atoms with Crippen molar-refractivity contribution in [2.75, 3.05) is 6.54 Å². The minimum Gasteiger partial charge on any atom is -0.381 e. The highest BCUT2D eigenvalue weighted by atomic mass is 19.4. The van der Waals surface area contributed by atoms with Gasteiger partial charge in [0, 0.05) is 12.2 Å². The van der Waals surface area contributed by atoms with Crippen LogP contribution in [0.3, 0.4) is 0 Å². The molecule has 1 N–H and O–H groups in total. The Morgan fingerprint density at radius 3 is 2.42 bits per heavy atom. The lowest BCUT2D eigenvalue weighted by Gasteiger charge is -2.29. The fraction of sp³-hybridized carbons (Fsp3) is 0.684. The Morgan fingerprint density at radius 2 is 1.85 bits per heavy atom. The Kier molecular flexibility index (Phi) is 4.80. The van der Waals surface area contributed by atoms with Crippen LogP contribution in [0.1, 0.15) is 46.0 Å². The van der Waals surface area contributed by atoms with E-state index >= 15 is 0 Å². The van der Waals surface area contributed by atoms with Gasteiger partial charge in [0.2, 0.25) is 5.91 Å². The molecule has 1 heterocycles. The second-order valence-electron chi connectivity index (χ2n) is 7.83. The largest absolute Gasteiger partial charge is 0.416 e. The van der Waals surface area contributed by atoms with E-state index in [1.165, 1.54) is 0 Å². The number of unbranched alkanes of at least 4 members (excludes halogenated alkanes) is 1. The first-order chi connectivity index (χ1) is 12.0. The molecule has 1 amide bonds. The van der Waals surface area contributed by atoms with Gasteiger partial charge in [0.25, 0.3) is 0 Å². The average Bonchev–Trinajstić information content (AvgIpc) is 3.33. The lowest BCUT2D eigenvalue weighted by Crippen LogP contribution is -2.42. The van der Waals surface area contributed by atoms with Crippen LogP contribution in [0.4, 0.5) is 13.2 Å². The van der Waals surface area contributed by atoms with Crippen LogP contribution in [0.2, 0.25) is 0 Å². The van der Waals surface area contributed by atoms with E-state index in [-0.39, 0.29) is 42.4 Å². The third-order valence-corrected chi connectivity index (χ3v) is 5.72. The van der Waals surface area contributed by atoms with Gasteiger partial charge in [-0.15, -0.1) is 0 Å². The maximum atomic E-state index is 12.7. The summed E-state index contributed by atoms with van der Waals surface area (Å²) in [5, 5.41) is 9.51.